The number of amides is 1. The molecule has 1 aliphatic carbocycles. The Hall–Kier alpha value is -2.22. The summed E-state index contributed by atoms with van der Waals surface area (Å²) in [6, 6.07) is 16.7. The standard InChI is InChI=1S/C22H24N2OS/c1-3-15-24(20-13-12-17-8-4-5-9-18(17)20)16-14-22(25)23-19-10-6-7-11-21(19)26-2/h1,4-11,20H,12-16H2,2H3,(H,23,25). The minimum atomic E-state index is 0.0276. The number of nitrogens with one attached hydrogen (secondary N) is 1. The van der Waals surface area contributed by atoms with Gasteiger partial charge in [-0.05, 0) is 42.4 Å². The van der Waals surface area contributed by atoms with Crippen LogP contribution in [0.2, 0.25) is 0 Å². The molecule has 2 aromatic rings. The number of anilines is 1. The Kier molecular flexibility index (Phi) is 6.38. The van der Waals surface area contributed by atoms with Gasteiger partial charge in [0.2, 0.25) is 5.91 Å². The van der Waals surface area contributed by atoms with Crippen molar-refractivity contribution in [3.8, 4) is 12.3 Å². The molecule has 3 nitrogen and oxygen atoms in total. The molecule has 0 radical (unpaired) electrons. The van der Waals surface area contributed by atoms with Crippen molar-refractivity contribution in [1.29, 1.82) is 0 Å². The number of aryl methyl sites for hydroxylation is 1. The van der Waals surface area contributed by atoms with E-state index in [0.717, 1.165) is 23.4 Å². The molecule has 0 aromatic heterocycles. The lowest BCUT2D eigenvalue weighted by molar-refractivity contribution is -0.116. The molecule has 1 aliphatic rings. The lowest BCUT2D eigenvalue weighted by atomic mass is 10.1. The van der Waals surface area contributed by atoms with Crippen molar-refractivity contribution in [2.45, 2.75) is 30.2 Å². The summed E-state index contributed by atoms with van der Waals surface area (Å²) in [7, 11) is 0. The summed E-state index contributed by atoms with van der Waals surface area (Å²) < 4.78 is 0. The number of rotatable bonds is 7. The van der Waals surface area contributed by atoms with E-state index in [-0.39, 0.29) is 5.91 Å². The predicted molar refractivity (Wildman–Crippen MR) is 109 cm³/mol. The van der Waals surface area contributed by atoms with Gasteiger partial charge in [-0.3, -0.25) is 9.69 Å². The number of carbonyl (C=O) groups excluding carboxylic acids is 1. The van der Waals surface area contributed by atoms with Gasteiger partial charge in [-0.25, -0.2) is 0 Å². The molecule has 1 unspecified atom stereocenters. The Bertz CT molecular complexity index is 812. The van der Waals surface area contributed by atoms with E-state index in [1.54, 1.807) is 11.8 Å². The van der Waals surface area contributed by atoms with E-state index in [1.165, 1.54) is 11.1 Å². The van der Waals surface area contributed by atoms with Crippen LogP contribution in [-0.4, -0.2) is 30.2 Å². The van der Waals surface area contributed by atoms with Crippen molar-refractivity contribution in [2.75, 3.05) is 24.7 Å². The zero-order chi connectivity index (χ0) is 18.4. The molecular weight excluding hydrogens is 340 g/mol. The van der Waals surface area contributed by atoms with Crippen LogP contribution in [-0.2, 0) is 11.2 Å². The van der Waals surface area contributed by atoms with Gasteiger partial charge in [-0.15, -0.1) is 18.2 Å². The molecular formula is C22H24N2OS. The summed E-state index contributed by atoms with van der Waals surface area (Å²) in [5.41, 5.74) is 3.63. The molecule has 1 atom stereocenters. The van der Waals surface area contributed by atoms with E-state index in [2.05, 4.69) is 40.4 Å². The lowest BCUT2D eigenvalue weighted by Gasteiger charge is -2.27. The first-order valence-corrected chi connectivity index (χ1v) is 10.1. The van der Waals surface area contributed by atoms with Crippen LogP contribution in [0.3, 0.4) is 0 Å². The Morgan fingerprint density at radius 2 is 2.04 bits per heavy atom. The molecule has 0 saturated heterocycles. The summed E-state index contributed by atoms with van der Waals surface area (Å²) in [6.45, 7) is 1.23. The summed E-state index contributed by atoms with van der Waals surface area (Å²) in [6.07, 6.45) is 10.2. The number of nitrogens with zero attached hydrogens (tertiary/aromatic N) is 1. The van der Waals surface area contributed by atoms with Crippen LogP contribution in [0, 0.1) is 12.3 Å². The second kappa shape index (κ2) is 8.93. The van der Waals surface area contributed by atoms with Gasteiger partial charge in [0, 0.05) is 23.9 Å². The molecule has 1 amide bonds. The second-order valence-electron chi connectivity index (χ2n) is 6.43. The molecule has 0 aliphatic heterocycles. The number of fused-ring (bicyclic) bond motifs is 1. The fourth-order valence-corrected chi connectivity index (χ4v) is 4.14. The van der Waals surface area contributed by atoms with Crippen molar-refractivity contribution in [1.82, 2.24) is 4.90 Å². The van der Waals surface area contributed by atoms with Crippen LogP contribution in [0.5, 0.6) is 0 Å². The van der Waals surface area contributed by atoms with Crippen molar-refractivity contribution in [2.24, 2.45) is 0 Å². The first-order valence-electron chi connectivity index (χ1n) is 8.91. The quantitative estimate of drug-likeness (QED) is 0.585. The van der Waals surface area contributed by atoms with E-state index >= 15 is 0 Å². The molecule has 2 aromatic carbocycles. The summed E-state index contributed by atoms with van der Waals surface area (Å²) in [5.74, 6) is 2.79. The fraction of sp³-hybridized carbons (Fsp3) is 0.318. The highest BCUT2D eigenvalue weighted by Crippen LogP contribution is 2.35. The minimum Gasteiger partial charge on any atom is -0.325 e. The predicted octanol–water partition coefficient (Wildman–Crippen LogP) is 4.36. The number of para-hydroxylation sites is 1. The van der Waals surface area contributed by atoms with Gasteiger partial charge in [-0.1, -0.05) is 42.3 Å². The van der Waals surface area contributed by atoms with Crippen LogP contribution in [0.25, 0.3) is 0 Å². The van der Waals surface area contributed by atoms with Crippen LogP contribution < -0.4 is 5.32 Å². The Labute approximate surface area is 160 Å². The van der Waals surface area contributed by atoms with Crippen LogP contribution >= 0.6 is 11.8 Å². The van der Waals surface area contributed by atoms with Crippen molar-refractivity contribution in [3.63, 3.8) is 0 Å². The molecule has 0 spiro atoms. The number of terminal acetylenes is 1. The third kappa shape index (κ3) is 4.30. The van der Waals surface area contributed by atoms with Crippen LogP contribution in [0.1, 0.15) is 30.0 Å². The van der Waals surface area contributed by atoms with E-state index in [9.17, 15) is 4.79 Å². The maximum absolute atomic E-state index is 12.5. The number of benzene rings is 2. The van der Waals surface area contributed by atoms with Crippen molar-refractivity contribution < 1.29 is 4.79 Å². The topological polar surface area (TPSA) is 32.3 Å². The van der Waals surface area contributed by atoms with Gasteiger partial charge in [0.1, 0.15) is 0 Å². The van der Waals surface area contributed by atoms with Gasteiger partial charge in [0.15, 0.2) is 0 Å². The smallest absolute Gasteiger partial charge is 0.225 e. The van der Waals surface area contributed by atoms with Gasteiger partial charge < -0.3 is 5.32 Å². The lowest BCUT2D eigenvalue weighted by Crippen LogP contribution is -2.31. The van der Waals surface area contributed by atoms with Gasteiger partial charge in [0.25, 0.3) is 0 Å². The minimum absolute atomic E-state index is 0.0276. The van der Waals surface area contributed by atoms with Crippen LogP contribution in [0.4, 0.5) is 5.69 Å². The highest BCUT2D eigenvalue weighted by atomic mass is 32.2. The van der Waals surface area contributed by atoms with Crippen molar-refractivity contribution in [3.05, 3.63) is 59.7 Å². The highest BCUT2D eigenvalue weighted by molar-refractivity contribution is 7.98. The molecule has 3 rings (SSSR count). The molecule has 0 heterocycles. The molecule has 26 heavy (non-hydrogen) atoms. The maximum Gasteiger partial charge on any atom is 0.225 e. The van der Waals surface area contributed by atoms with E-state index < -0.39 is 0 Å². The number of thioether (sulfide) groups is 1. The third-order valence-electron chi connectivity index (χ3n) is 4.84. The highest BCUT2D eigenvalue weighted by Gasteiger charge is 2.27. The maximum atomic E-state index is 12.5. The van der Waals surface area contributed by atoms with Gasteiger partial charge in [-0.2, -0.15) is 0 Å². The molecule has 1 N–H and O–H groups in total. The molecule has 4 heteroatoms. The Morgan fingerprint density at radius 3 is 2.85 bits per heavy atom. The average Bonchev–Trinajstić information content (AvgIpc) is 3.09. The molecule has 0 saturated carbocycles. The summed E-state index contributed by atoms with van der Waals surface area (Å²) in [5, 5.41) is 3.03. The van der Waals surface area contributed by atoms with E-state index in [1.807, 2.05) is 30.5 Å². The number of carbonyl (C=O) groups is 1. The summed E-state index contributed by atoms with van der Waals surface area (Å²) in [4.78, 5) is 15.8. The largest absolute Gasteiger partial charge is 0.325 e. The van der Waals surface area contributed by atoms with E-state index in [0.29, 0.717) is 25.6 Å². The Morgan fingerprint density at radius 1 is 1.27 bits per heavy atom. The normalized spacial score (nSPS) is 15.5. The van der Waals surface area contributed by atoms with Gasteiger partial charge >= 0.3 is 0 Å². The zero-order valence-electron chi connectivity index (χ0n) is 15.1. The molecule has 0 bridgehead atoms. The third-order valence-corrected chi connectivity index (χ3v) is 5.64. The molecule has 0 fully saturated rings. The zero-order valence-corrected chi connectivity index (χ0v) is 15.9. The van der Waals surface area contributed by atoms with Gasteiger partial charge in [0.05, 0.1) is 12.2 Å². The monoisotopic (exact) mass is 364 g/mol. The molecule has 134 valence electrons. The Balaban J connectivity index is 1.63. The van der Waals surface area contributed by atoms with Crippen LogP contribution in [0.15, 0.2) is 53.4 Å². The SMILES string of the molecule is C#CCN(CCC(=O)Nc1ccccc1SC)C1CCc2ccccc21. The second-order valence-corrected chi connectivity index (χ2v) is 7.27. The average molecular weight is 365 g/mol. The number of hydrogen-bond donors (Lipinski definition) is 1. The fourth-order valence-electron chi connectivity index (χ4n) is 3.58. The first kappa shape index (κ1) is 18.6. The first-order chi connectivity index (χ1) is 12.7. The summed E-state index contributed by atoms with van der Waals surface area (Å²) >= 11 is 1.63. The number of hydrogen-bond acceptors (Lipinski definition) is 3. The van der Waals surface area contributed by atoms with E-state index in [4.69, 9.17) is 6.42 Å². The van der Waals surface area contributed by atoms with Crippen molar-refractivity contribution >= 4 is 23.4 Å².